The number of alkyl carbamates (subject to hydrolysis) is 1. The van der Waals surface area contributed by atoms with E-state index in [9.17, 15) is 4.79 Å². The fraction of sp³-hybridized carbons (Fsp3) is 0.800. The van der Waals surface area contributed by atoms with Crippen molar-refractivity contribution in [1.29, 1.82) is 0 Å². The van der Waals surface area contributed by atoms with Gasteiger partial charge in [0, 0.05) is 12.0 Å². The highest BCUT2D eigenvalue weighted by Crippen LogP contribution is 1.90. The predicted octanol–water partition coefficient (Wildman–Crippen LogP) is 1.04. The predicted molar refractivity (Wildman–Crippen MR) is 39.0 cm³/mol. The van der Waals surface area contributed by atoms with Gasteiger partial charge >= 0.3 is 6.09 Å². The third kappa shape index (κ3) is 5.05. The van der Waals surface area contributed by atoms with Crippen molar-refractivity contribution in [2.75, 3.05) is 13.7 Å². The quantitative estimate of drug-likeness (QED) is 0.378. The molecule has 0 aliphatic carbocycles. The Labute approximate surface area is 64.2 Å². The monoisotopic (exact) mass is 158 g/mol. The number of ether oxygens (including phenoxy) is 1. The second kappa shape index (κ2) is 5.37. The number of hydrogen-bond acceptors (Lipinski definition) is 3. The molecule has 0 aliphatic rings. The zero-order chi connectivity index (χ0) is 8.69. The van der Waals surface area contributed by atoms with Crippen LogP contribution in [-0.4, -0.2) is 25.8 Å². The summed E-state index contributed by atoms with van der Waals surface area (Å²) in [5.74, 6) is 0. The van der Waals surface area contributed by atoms with Crippen LogP contribution in [0.4, 0.5) is 4.79 Å². The first-order valence-corrected chi connectivity index (χ1v) is 3.09. The van der Waals surface area contributed by atoms with Gasteiger partial charge in [0.25, 0.3) is 0 Å². The van der Waals surface area contributed by atoms with Crippen LogP contribution >= 0.6 is 0 Å². The number of nitrogens with zero attached hydrogens (tertiary/aromatic N) is 3. The lowest BCUT2D eigenvalue weighted by Gasteiger charge is -2.04. The van der Waals surface area contributed by atoms with Crippen LogP contribution in [0.2, 0.25) is 0 Å². The van der Waals surface area contributed by atoms with Crippen LogP contribution in [0.15, 0.2) is 5.11 Å². The summed E-state index contributed by atoms with van der Waals surface area (Å²) >= 11 is 0. The fourth-order valence-corrected chi connectivity index (χ4v) is 0.390. The summed E-state index contributed by atoms with van der Waals surface area (Å²) in [4.78, 5) is 13.0. The maximum absolute atomic E-state index is 10.5. The molecule has 0 aromatic carbocycles. The van der Waals surface area contributed by atoms with Crippen LogP contribution in [-0.2, 0) is 4.74 Å². The van der Waals surface area contributed by atoms with E-state index in [2.05, 4.69) is 20.1 Å². The molecule has 6 nitrogen and oxygen atoms in total. The lowest BCUT2D eigenvalue weighted by molar-refractivity contribution is 0.143. The summed E-state index contributed by atoms with van der Waals surface area (Å²) < 4.78 is 4.59. The molecule has 0 aliphatic heterocycles. The Kier molecular flexibility index (Phi) is 4.68. The first-order valence-electron chi connectivity index (χ1n) is 3.09. The summed E-state index contributed by atoms with van der Waals surface area (Å²) in [6.07, 6.45) is -0.523. The minimum atomic E-state index is -0.523. The highest BCUT2D eigenvalue weighted by Gasteiger charge is 2.01. The first kappa shape index (κ1) is 9.58. The molecule has 0 fully saturated rings. The van der Waals surface area contributed by atoms with Gasteiger partial charge in [-0.1, -0.05) is 12.0 Å². The van der Waals surface area contributed by atoms with E-state index in [-0.39, 0.29) is 12.6 Å². The standard InChI is InChI=1S/C5H10N4O2/c1-4(8-9-6)3-11-5(10)7-2/h4H,3H2,1-2H3,(H,7,10). The Morgan fingerprint density at radius 1 is 1.91 bits per heavy atom. The molecule has 0 saturated carbocycles. The maximum atomic E-state index is 10.5. The van der Waals surface area contributed by atoms with Gasteiger partial charge in [0.05, 0.1) is 6.04 Å². The van der Waals surface area contributed by atoms with Crippen molar-refractivity contribution in [3.63, 3.8) is 0 Å². The van der Waals surface area contributed by atoms with E-state index < -0.39 is 6.09 Å². The molecule has 0 spiro atoms. The molecule has 11 heavy (non-hydrogen) atoms. The van der Waals surface area contributed by atoms with Crippen molar-refractivity contribution in [3.05, 3.63) is 10.4 Å². The largest absolute Gasteiger partial charge is 0.449 e. The van der Waals surface area contributed by atoms with Crippen LogP contribution in [0.25, 0.3) is 10.4 Å². The van der Waals surface area contributed by atoms with Crippen LogP contribution < -0.4 is 5.32 Å². The molecular weight excluding hydrogens is 148 g/mol. The number of rotatable bonds is 3. The summed E-state index contributed by atoms with van der Waals surface area (Å²) in [6, 6.07) is -0.322. The average Bonchev–Trinajstić information content (AvgIpc) is 2.01. The molecule has 1 N–H and O–H groups in total. The fourth-order valence-electron chi connectivity index (χ4n) is 0.390. The number of nitrogens with one attached hydrogen (secondary N) is 1. The van der Waals surface area contributed by atoms with Gasteiger partial charge in [-0.2, -0.15) is 0 Å². The van der Waals surface area contributed by atoms with Gasteiger partial charge in [0.15, 0.2) is 0 Å². The van der Waals surface area contributed by atoms with E-state index in [4.69, 9.17) is 5.53 Å². The Morgan fingerprint density at radius 2 is 2.55 bits per heavy atom. The molecule has 62 valence electrons. The van der Waals surface area contributed by atoms with Crippen molar-refractivity contribution in [2.24, 2.45) is 5.11 Å². The number of azide groups is 1. The van der Waals surface area contributed by atoms with Gasteiger partial charge in [-0.25, -0.2) is 4.79 Å². The van der Waals surface area contributed by atoms with Gasteiger partial charge in [-0.05, 0) is 5.53 Å². The lowest BCUT2D eigenvalue weighted by Crippen LogP contribution is -2.22. The van der Waals surface area contributed by atoms with E-state index in [0.717, 1.165) is 0 Å². The van der Waals surface area contributed by atoms with Crippen molar-refractivity contribution >= 4 is 6.09 Å². The third-order valence-corrected chi connectivity index (χ3v) is 0.909. The molecule has 0 saturated heterocycles. The average molecular weight is 158 g/mol. The van der Waals surface area contributed by atoms with Crippen LogP contribution in [0, 0.1) is 0 Å². The van der Waals surface area contributed by atoms with Gasteiger partial charge in [-0.15, -0.1) is 0 Å². The highest BCUT2D eigenvalue weighted by atomic mass is 16.5. The van der Waals surface area contributed by atoms with Gasteiger partial charge in [-0.3, -0.25) is 0 Å². The molecule has 0 rings (SSSR count). The summed E-state index contributed by atoms with van der Waals surface area (Å²) in [6.45, 7) is 1.76. The number of amides is 1. The number of hydrogen-bond donors (Lipinski definition) is 1. The SMILES string of the molecule is CNC(=O)OCC(C)N=[N+]=[N-]. The Bertz CT molecular complexity index is 175. The first-order chi connectivity index (χ1) is 5.20. The van der Waals surface area contributed by atoms with Crippen LogP contribution in [0.3, 0.4) is 0 Å². The minimum absolute atomic E-state index is 0.101. The number of carbonyl (C=O) groups is 1. The van der Waals surface area contributed by atoms with Crippen molar-refractivity contribution < 1.29 is 9.53 Å². The smallest absolute Gasteiger partial charge is 0.406 e. The van der Waals surface area contributed by atoms with Crippen LogP contribution in [0.1, 0.15) is 6.92 Å². The molecule has 0 heterocycles. The molecule has 6 heteroatoms. The molecule has 0 aromatic heterocycles. The van der Waals surface area contributed by atoms with E-state index in [1.165, 1.54) is 7.05 Å². The van der Waals surface area contributed by atoms with E-state index in [1.54, 1.807) is 6.92 Å². The van der Waals surface area contributed by atoms with Gasteiger partial charge < -0.3 is 10.1 Å². The summed E-state index contributed by atoms with van der Waals surface area (Å²) in [7, 11) is 1.46. The normalized spacial score (nSPS) is 11.1. The molecule has 0 radical (unpaired) electrons. The molecule has 0 bridgehead atoms. The van der Waals surface area contributed by atoms with Gasteiger partial charge in [0.2, 0.25) is 0 Å². The maximum Gasteiger partial charge on any atom is 0.406 e. The van der Waals surface area contributed by atoms with Gasteiger partial charge in [0.1, 0.15) is 6.61 Å². The van der Waals surface area contributed by atoms with E-state index in [0.29, 0.717) is 0 Å². The zero-order valence-corrected chi connectivity index (χ0v) is 6.44. The minimum Gasteiger partial charge on any atom is -0.449 e. The molecule has 0 aromatic rings. The van der Waals surface area contributed by atoms with E-state index in [1.807, 2.05) is 0 Å². The van der Waals surface area contributed by atoms with Crippen molar-refractivity contribution in [3.8, 4) is 0 Å². The summed E-state index contributed by atoms with van der Waals surface area (Å²) in [5, 5.41) is 5.57. The molecule has 1 unspecified atom stereocenters. The van der Waals surface area contributed by atoms with E-state index >= 15 is 0 Å². The second-order valence-electron chi connectivity index (χ2n) is 1.90. The highest BCUT2D eigenvalue weighted by molar-refractivity contribution is 5.66. The number of carbonyl (C=O) groups excluding carboxylic acids is 1. The van der Waals surface area contributed by atoms with Crippen molar-refractivity contribution in [1.82, 2.24) is 5.32 Å². The molecule has 1 atom stereocenters. The lowest BCUT2D eigenvalue weighted by atomic mass is 10.4. The third-order valence-electron chi connectivity index (χ3n) is 0.909. The van der Waals surface area contributed by atoms with Crippen LogP contribution in [0.5, 0.6) is 0 Å². The molecular formula is C5H10N4O2. The Morgan fingerprint density at radius 3 is 3.00 bits per heavy atom. The Balaban J connectivity index is 3.53. The second-order valence-corrected chi connectivity index (χ2v) is 1.90. The molecule has 1 amide bonds. The zero-order valence-electron chi connectivity index (χ0n) is 6.44. The summed E-state index contributed by atoms with van der Waals surface area (Å²) in [5.41, 5.74) is 7.96. The topological polar surface area (TPSA) is 87.1 Å². The Hall–Kier alpha value is -1.42. The van der Waals surface area contributed by atoms with Crippen molar-refractivity contribution in [2.45, 2.75) is 13.0 Å².